The summed E-state index contributed by atoms with van der Waals surface area (Å²) in [7, 11) is 0. The molecule has 0 spiro atoms. The van der Waals surface area contributed by atoms with Crippen LogP contribution in [0.3, 0.4) is 0 Å². The Labute approximate surface area is 88.1 Å². The molecule has 0 aliphatic carbocycles. The molecule has 0 saturated heterocycles. The maximum Gasteiger partial charge on any atom is 0.160 e. The van der Waals surface area contributed by atoms with Crippen LogP contribution in [0.1, 0.15) is 29.3 Å². The number of hydrogen-bond donors (Lipinski definition) is 1. The average molecular weight is 208 g/mol. The number of benzene rings is 1. The van der Waals surface area contributed by atoms with Gasteiger partial charge in [0.25, 0.3) is 0 Å². The highest BCUT2D eigenvalue weighted by atomic mass is 19.1. The number of carbonyl (C=O) groups excluding carboxylic acids is 1. The number of carbonyl (C=O) groups is 1. The van der Waals surface area contributed by atoms with E-state index in [0.29, 0.717) is 17.5 Å². The molecule has 3 heteroatoms. The first kappa shape index (κ1) is 11.6. The Bertz CT molecular complexity index is 383. The van der Waals surface area contributed by atoms with Gasteiger partial charge in [-0.2, -0.15) is 0 Å². The molecule has 0 fully saturated rings. The fourth-order valence-corrected chi connectivity index (χ4v) is 1.26. The second kappa shape index (κ2) is 5.41. The van der Waals surface area contributed by atoms with Gasteiger partial charge in [-0.3, -0.25) is 4.79 Å². The molecule has 0 aromatic heterocycles. The van der Waals surface area contributed by atoms with Crippen molar-refractivity contribution in [3.8, 4) is 0 Å². The van der Waals surface area contributed by atoms with Gasteiger partial charge >= 0.3 is 0 Å². The van der Waals surface area contributed by atoms with E-state index in [-0.39, 0.29) is 12.4 Å². The zero-order valence-electron chi connectivity index (χ0n) is 8.53. The van der Waals surface area contributed by atoms with E-state index in [1.807, 2.05) is 0 Å². The van der Waals surface area contributed by atoms with Crippen LogP contribution >= 0.6 is 0 Å². The monoisotopic (exact) mass is 208 g/mol. The summed E-state index contributed by atoms with van der Waals surface area (Å²) in [5.74, 6) is -0.586. The molecular weight excluding hydrogens is 195 g/mol. The molecule has 1 N–H and O–H groups in total. The van der Waals surface area contributed by atoms with E-state index in [1.54, 1.807) is 18.2 Å². The molecular formula is C12H13FO2. The molecule has 0 atom stereocenters. The molecule has 0 aliphatic rings. The minimum atomic E-state index is -0.417. The molecule has 1 aromatic carbocycles. The number of aliphatic hydroxyl groups is 1. The number of halogens is 1. The third-order valence-electron chi connectivity index (χ3n) is 1.99. The topological polar surface area (TPSA) is 37.3 Å². The lowest BCUT2D eigenvalue weighted by molar-refractivity contribution is 0.101. The van der Waals surface area contributed by atoms with Gasteiger partial charge in [-0.25, -0.2) is 4.39 Å². The number of Topliss-reactive ketones (excluding diaryl/α,β-unsaturated/α-hetero) is 1. The predicted molar refractivity (Wildman–Crippen MR) is 57.1 cm³/mol. The van der Waals surface area contributed by atoms with Crippen molar-refractivity contribution < 1.29 is 14.3 Å². The third kappa shape index (κ3) is 3.29. The largest absolute Gasteiger partial charge is 0.396 e. The van der Waals surface area contributed by atoms with Gasteiger partial charge in [0.15, 0.2) is 5.78 Å². The van der Waals surface area contributed by atoms with Gasteiger partial charge < -0.3 is 5.11 Å². The van der Waals surface area contributed by atoms with Crippen LogP contribution in [0.25, 0.3) is 6.08 Å². The Morgan fingerprint density at radius 1 is 1.53 bits per heavy atom. The summed E-state index contributed by atoms with van der Waals surface area (Å²) in [5, 5.41) is 8.59. The summed E-state index contributed by atoms with van der Waals surface area (Å²) >= 11 is 0. The highest BCUT2D eigenvalue weighted by molar-refractivity contribution is 5.97. The Morgan fingerprint density at radius 2 is 2.27 bits per heavy atom. The fourth-order valence-electron chi connectivity index (χ4n) is 1.26. The average Bonchev–Trinajstić information content (AvgIpc) is 2.20. The van der Waals surface area contributed by atoms with Crippen molar-refractivity contribution in [3.05, 3.63) is 41.2 Å². The van der Waals surface area contributed by atoms with Gasteiger partial charge in [0.2, 0.25) is 0 Å². The van der Waals surface area contributed by atoms with Crippen LogP contribution in [0, 0.1) is 5.82 Å². The van der Waals surface area contributed by atoms with Crippen molar-refractivity contribution in [2.45, 2.75) is 13.3 Å². The van der Waals surface area contributed by atoms with E-state index in [4.69, 9.17) is 5.11 Å². The first-order valence-electron chi connectivity index (χ1n) is 4.73. The summed E-state index contributed by atoms with van der Waals surface area (Å²) in [6.07, 6.45) is 3.99. The quantitative estimate of drug-likeness (QED) is 0.771. The molecule has 0 aliphatic heterocycles. The van der Waals surface area contributed by atoms with E-state index < -0.39 is 5.82 Å². The van der Waals surface area contributed by atoms with E-state index >= 15 is 0 Å². The van der Waals surface area contributed by atoms with E-state index in [2.05, 4.69) is 0 Å². The van der Waals surface area contributed by atoms with Crippen molar-refractivity contribution >= 4 is 11.9 Å². The predicted octanol–water partition coefficient (Wildman–Crippen LogP) is 2.42. The maximum absolute atomic E-state index is 12.9. The number of hydrogen-bond acceptors (Lipinski definition) is 2. The normalized spacial score (nSPS) is 10.9. The summed E-state index contributed by atoms with van der Waals surface area (Å²) in [5.41, 5.74) is 1.04. The molecule has 0 unspecified atom stereocenters. The van der Waals surface area contributed by atoms with Crippen LogP contribution in [0.5, 0.6) is 0 Å². The Morgan fingerprint density at radius 3 is 2.87 bits per heavy atom. The number of rotatable bonds is 4. The van der Waals surface area contributed by atoms with Gasteiger partial charge in [-0.1, -0.05) is 18.2 Å². The first-order valence-corrected chi connectivity index (χ1v) is 4.73. The second-order valence-electron chi connectivity index (χ2n) is 3.20. The molecule has 0 radical (unpaired) electrons. The van der Waals surface area contributed by atoms with Crippen LogP contribution in [0.15, 0.2) is 24.3 Å². The molecule has 0 heterocycles. The third-order valence-corrected chi connectivity index (χ3v) is 1.99. The summed E-state index contributed by atoms with van der Waals surface area (Å²) in [6.45, 7) is 1.46. The highest BCUT2D eigenvalue weighted by Crippen LogP contribution is 2.14. The molecule has 0 amide bonds. The van der Waals surface area contributed by atoms with Crippen molar-refractivity contribution in [2.24, 2.45) is 0 Å². The van der Waals surface area contributed by atoms with E-state index in [1.165, 1.54) is 19.1 Å². The number of ketones is 1. The SMILES string of the molecule is CC(=O)c1cc(F)ccc1C=CCCO. The van der Waals surface area contributed by atoms with Crippen molar-refractivity contribution in [3.63, 3.8) is 0 Å². The van der Waals surface area contributed by atoms with Gasteiger partial charge in [-0.15, -0.1) is 0 Å². The lowest BCUT2D eigenvalue weighted by Gasteiger charge is -2.01. The molecule has 2 nitrogen and oxygen atoms in total. The molecule has 1 rings (SSSR count). The standard InChI is InChI=1S/C12H13FO2/c1-9(15)12-8-11(13)6-5-10(12)4-2-3-7-14/h2,4-6,8,14H,3,7H2,1H3. The van der Waals surface area contributed by atoms with Gasteiger partial charge in [0.1, 0.15) is 5.82 Å². The van der Waals surface area contributed by atoms with Crippen LogP contribution in [-0.4, -0.2) is 17.5 Å². The van der Waals surface area contributed by atoms with Crippen molar-refractivity contribution in [1.29, 1.82) is 0 Å². The second-order valence-corrected chi connectivity index (χ2v) is 3.20. The lowest BCUT2D eigenvalue weighted by atomic mass is 10.0. The molecule has 1 aromatic rings. The zero-order valence-corrected chi connectivity index (χ0v) is 8.53. The number of aliphatic hydroxyl groups excluding tert-OH is 1. The summed E-state index contributed by atoms with van der Waals surface area (Å²) in [4.78, 5) is 11.2. The molecule has 0 bridgehead atoms. The van der Waals surface area contributed by atoms with Crippen molar-refractivity contribution in [2.75, 3.05) is 6.61 Å². The van der Waals surface area contributed by atoms with Crippen molar-refractivity contribution in [1.82, 2.24) is 0 Å². The van der Waals surface area contributed by atoms with Crippen LogP contribution < -0.4 is 0 Å². The maximum atomic E-state index is 12.9. The van der Waals surface area contributed by atoms with Gasteiger partial charge in [0, 0.05) is 12.2 Å². The van der Waals surface area contributed by atoms with Gasteiger partial charge in [-0.05, 0) is 31.0 Å². The molecule has 80 valence electrons. The zero-order chi connectivity index (χ0) is 11.3. The van der Waals surface area contributed by atoms with E-state index in [9.17, 15) is 9.18 Å². The lowest BCUT2D eigenvalue weighted by Crippen LogP contribution is -1.96. The summed E-state index contributed by atoms with van der Waals surface area (Å²) < 4.78 is 12.9. The first-order chi connectivity index (χ1) is 7.15. The minimum absolute atomic E-state index is 0.0626. The van der Waals surface area contributed by atoms with Crippen LogP contribution in [0.4, 0.5) is 4.39 Å². The van der Waals surface area contributed by atoms with Crippen LogP contribution in [0.2, 0.25) is 0 Å². The van der Waals surface area contributed by atoms with Gasteiger partial charge in [0.05, 0.1) is 0 Å². The fraction of sp³-hybridized carbons (Fsp3) is 0.250. The van der Waals surface area contributed by atoms with E-state index in [0.717, 1.165) is 0 Å². The molecule has 15 heavy (non-hydrogen) atoms. The molecule has 0 saturated carbocycles. The Kier molecular flexibility index (Phi) is 4.18. The van der Waals surface area contributed by atoms with Crippen LogP contribution in [-0.2, 0) is 0 Å². The summed E-state index contributed by atoms with van der Waals surface area (Å²) in [6, 6.07) is 4.09. The smallest absolute Gasteiger partial charge is 0.160 e. The Balaban J connectivity index is 3.01. The Hall–Kier alpha value is -1.48. The minimum Gasteiger partial charge on any atom is -0.396 e. The highest BCUT2D eigenvalue weighted by Gasteiger charge is 2.05.